The number of benzene rings is 1. The van der Waals surface area contributed by atoms with Crippen molar-refractivity contribution in [3.63, 3.8) is 0 Å². The van der Waals surface area contributed by atoms with Gasteiger partial charge in [-0.25, -0.2) is 0 Å². The molecule has 3 heteroatoms. The van der Waals surface area contributed by atoms with Gasteiger partial charge in [-0.15, -0.1) is 0 Å². The van der Waals surface area contributed by atoms with Crippen molar-refractivity contribution in [1.29, 1.82) is 0 Å². The molecule has 1 saturated heterocycles. The van der Waals surface area contributed by atoms with Gasteiger partial charge in [-0.05, 0) is 30.9 Å². The Labute approximate surface area is 109 Å². The molecule has 1 N–H and O–H groups in total. The number of aryl methyl sites for hydroxylation is 1. The Kier molecular flexibility index (Phi) is 3.44. The Bertz CT molecular complexity index is 454. The summed E-state index contributed by atoms with van der Waals surface area (Å²) in [6, 6.07) is 7.96. The molecule has 0 spiro atoms. The van der Waals surface area contributed by atoms with Crippen molar-refractivity contribution in [1.82, 2.24) is 5.32 Å². The van der Waals surface area contributed by atoms with Crippen LogP contribution in [-0.2, 0) is 4.79 Å². The molecule has 0 radical (unpaired) electrons. The predicted octanol–water partition coefficient (Wildman–Crippen LogP) is 2.35. The summed E-state index contributed by atoms with van der Waals surface area (Å²) in [6.45, 7) is 10.00. The Balaban J connectivity index is 2.40. The summed E-state index contributed by atoms with van der Waals surface area (Å²) in [5, 5.41) is 3.31. The zero-order chi connectivity index (χ0) is 13.3. The number of carbonyl (C=O) groups is 1. The van der Waals surface area contributed by atoms with E-state index in [-0.39, 0.29) is 17.4 Å². The van der Waals surface area contributed by atoms with Gasteiger partial charge < -0.3 is 10.2 Å². The predicted molar refractivity (Wildman–Crippen MR) is 74.8 cm³/mol. The second-order valence-electron chi connectivity index (χ2n) is 5.98. The van der Waals surface area contributed by atoms with Crippen LogP contribution < -0.4 is 10.2 Å². The summed E-state index contributed by atoms with van der Waals surface area (Å²) in [5.41, 5.74) is 2.27. The highest BCUT2D eigenvalue weighted by Crippen LogP contribution is 2.27. The second-order valence-corrected chi connectivity index (χ2v) is 5.98. The van der Waals surface area contributed by atoms with Crippen LogP contribution in [0.3, 0.4) is 0 Å². The number of amides is 1. The number of rotatable bonds is 1. The number of hydrogen-bond acceptors (Lipinski definition) is 2. The molecule has 3 nitrogen and oxygen atoms in total. The van der Waals surface area contributed by atoms with Crippen molar-refractivity contribution in [2.45, 2.75) is 33.7 Å². The fourth-order valence-corrected chi connectivity index (χ4v) is 2.38. The molecule has 0 saturated carbocycles. The molecule has 1 aromatic rings. The third kappa shape index (κ3) is 2.56. The van der Waals surface area contributed by atoms with Gasteiger partial charge in [0, 0.05) is 18.8 Å². The first-order valence-electron chi connectivity index (χ1n) is 6.51. The van der Waals surface area contributed by atoms with Crippen LogP contribution in [0.1, 0.15) is 26.3 Å². The van der Waals surface area contributed by atoms with E-state index in [0.29, 0.717) is 0 Å². The highest BCUT2D eigenvalue weighted by Gasteiger charge is 2.33. The van der Waals surface area contributed by atoms with Crippen molar-refractivity contribution in [2.75, 3.05) is 18.0 Å². The van der Waals surface area contributed by atoms with Crippen LogP contribution >= 0.6 is 0 Å². The van der Waals surface area contributed by atoms with E-state index in [9.17, 15) is 4.79 Å². The molecule has 1 atom stereocenters. The molecule has 1 aromatic carbocycles. The van der Waals surface area contributed by atoms with Crippen molar-refractivity contribution in [3.05, 3.63) is 29.8 Å². The van der Waals surface area contributed by atoms with Crippen LogP contribution in [0.5, 0.6) is 0 Å². The lowest BCUT2D eigenvalue weighted by Gasteiger charge is -2.30. The first kappa shape index (κ1) is 13.1. The Morgan fingerprint density at radius 1 is 1.33 bits per heavy atom. The van der Waals surface area contributed by atoms with Crippen LogP contribution in [0, 0.1) is 12.3 Å². The highest BCUT2D eigenvalue weighted by molar-refractivity contribution is 5.97. The highest BCUT2D eigenvalue weighted by atomic mass is 16.2. The van der Waals surface area contributed by atoms with Crippen LogP contribution in [0.25, 0.3) is 0 Å². The van der Waals surface area contributed by atoms with E-state index < -0.39 is 0 Å². The van der Waals surface area contributed by atoms with Gasteiger partial charge in [0.2, 0.25) is 5.91 Å². The van der Waals surface area contributed by atoms with E-state index in [0.717, 1.165) is 24.3 Å². The standard InChI is InChI=1S/C15H22N2O/c1-11-7-5-6-8-13(11)17-10-15(3,4)9-16-12(2)14(17)18/h5-8,12,16H,9-10H2,1-4H3. The molecule has 1 fully saturated rings. The Hall–Kier alpha value is -1.35. The van der Waals surface area contributed by atoms with Gasteiger partial charge in [0.1, 0.15) is 0 Å². The minimum Gasteiger partial charge on any atom is -0.310 e. The van der Waals surface area contributed by atoms with Gasteiger partial charge in [-0.1, -0.05) is 32.0 Å². The number of anilines is 1. The van der Waals surface area contributed by atoms with E-state index >= 15 is 0 Å². The number of nitrogens with zero attached hydrogens (tertiary/aromatic N) is 1. The van der Waals surface area contributed by atoms with E-state index in [1.165, 1.54) is 0 Å². The molecule has 1 aliphatic heterocycles. The van der Waals surface area contributed by atoms with Gasteiger partial charge in [0.15, 0.2) is 0 Å². The van der Waals surface area contributed by atoms with Crippen molar-refractivity contribution in [2.24, 2.45) is 5.41 Å². The third-order valence-electron chi connectivity index (χ3n) is 3.52. The van der Waals surface area contributed by atoms with Crippen molar-refractivity contribution >= 4 is 11.6 Å². The Morgan fingerprint density at radius 3 is 2.67 bits per heavy atom. The van der Waals surface area contributed by atoms with E-state index in [1.807, 2.05) is 30.0 Å². The smallest absolute Gasteiger partial charge is 0.243 e. The molecule has 98 valence electrons. The first-order valence-corrected chi connectivity index (χ1v) is 6.51. The van der Waals surface area contributed by atoms with Crippen molar-refractivity contribution < 1.29 is 4.79 Å². The van der Waals surface area contributed by atoms with E-state index in [1.54, 1.807) is 0 Å². The normalized spacial score (nSPS) is 23.9. The fraction of sp³-hybridized carbons (Fsp3) is 0.533. The largest absolute Gasteiger partial charge is 0.310 e. The zero-order valence-corrected chi connectivity index (χ0v) is 11.7. The van der Waals surface area contributed by atoms with Crippen LogP contribution in [0.2, 0.25) is 0 Å². The number of carbonyl (C=O) groups excluding carboxylic acids is 1. The molecular weight excluding hydrogens is 224 g/mol. The van der Waals surface area contributed by atoms with Gasteiger partial charge >= 0.3 is 0 Å². The average molecular weight is 246 g/mol. The van der Waals surface area contributed by atoms with Crippen LogP contribution in [-0.4, -0.2) is 25.0 Å². The lowest BCUT2D eigenvalue weighted by atomic mass is 9.93. The van der Waals surface area contributed by atoms with Gasteiger partial charge in [-0.2, -0.15) is 0 Å². The van der Waals surface area contributed by atoms with E-state index in [4.69, 9.17) is 0 Å². The van der Waals surface area contributed by atoms with Gasteiger partial charge in [0.05, 0.1) is 6.04 Å². The monoisotopic (exact) mass is 246 g/mol. The van der Waals surface area contributed by atoms with Crippen LogP contribution in [0.15, 0.2) is 24.3 Å². The summed E-state index contributed by atoms with van der Waals surface area (Å²) in [7, 11) is 0. The summed E-state index contributed by atoms with van der Waals surface area (Å²) < 4.78 is 0. The molecule has 0 aromatic heterocycles. The maximum absolute atomic E-state index is 12.4. The van der Waals surface area contributed by atoms with Gasteiger partial charge in [0.25, 0.3) is 0 Å². The summed E-state index contributed by atoms with van der Waals surface area (Å²) in [4.78, 5) is 14.4. The molecule has 1 amide bonds. The van der Waals surface area contributed by atoms with E-state index in [2.05, 4.69) is 32.2 Å². The average Bonchev–Trinajstić information content (AvgIpc) is 2.42. The minimum atomic E-state index is -0.119. The summed E-state index contributed by atoms with van der Waals surface area (Å²) >= 11 is 0. The maximum atomic E-state index is 12.4. The quantitative estimate of drug-likeness (QED) is 0.825. The maximum Gasteiger partial charge on any atom is 0.243 e. The lowest BCUT2D eigenvalue weighted by Crippen LogP contribution is -2.42. The SMILES string of the molecule is Cc1ccccc1N1CC(C)(C)CNC(C)C1=O. The number of para-hydroxylation sites is 1. The summed E-state index contributed by atoms with van der Waals surface area (Å²) in [5.74, 6) is 0.162. The fourth-order valence-electron chi connectivity index (χ4n) is 2.38. The zero-order valence-electron chi connectivity index (χ0n) is 11.7. The lowest BCUT2D eigenvalue weighted by molar-refractivity contribution is -0.119. The number of hydrogen-bond donors (Lipinski definition) is 1. The number of nitrogens with one attached hydrogen (secondary N) is 1. The van der Waals surface area contributed by atoms with Gasteiger partial charge in [-0.3, -0.25) is 4.79 Å². The second kappa shape index (κ2) is 4.73. The topological polar surface area (TPSA) is 32.3 Å². The first-order chi connectivity index (χ1) is 8.41. The van der Waals surface area contributed by atoms with Crippen molar-refractivity contribution in [3.8, 4) is 0 Å². The summed E-state index contributed by atoms with van der Waals surface area (Å²) in [6.07, 6.45) is 0. The van der Waals surface area contributed by atoms with Crippen LogP contribution in [0.4, 0.5) is 5.69 Å². The minimum absolute atomic E-state index is 0.0860. The molecule has 0 bridgehead atoms. The molecular formula is C15H22N2O. The molecule has 0 aliphatic carbocycles. The Morgan fingerprint density at radius 2 is 2.00 bits per heavy atom. The molecule has 2 rings (SSSR count). The molecule has 1 unspecified atom stereocenters. The molecule has 1 aliphatic rings. The molecule has 1 heterocycles. The third-order valence-corrected chi connectivity index (χ3v) is 3.52. The molecule has 18 heavy (non-hydrogen) atoms.